The maximum atomic E-state index is 8.74. The van der Waals surface area contributed by atoms with E-state index >= 15 is 0 Å². The van der Waals surface area contributed by atoms with Crippen LogP contribution in [0.5, 0.6) is 0 Å². The maximum Gasteiger partial charge on any atom is 2.00 e. The maximum absolute atomic E-state index is 8.74. The molecule has 0 saturated carbocycles. The molecule has 0 radical (unpaired) electrons. The van der Waals surface area contributed by atoms with Gasteiger partial charge >= 0.3 is 85.4 Å². The number of rotatable bonds is 0. The average Bonchev–Trinajstić information content (AvgIpc) is 0.722. The van der Waals surface area contributed by atoms with Gasteiger partial charge in [0.15, 0.2) is 0 Å². The van der Waals surface area contributed by atoms with Crippen LogP contribution in [0.25, 0.3) is 0 Å². The van der Waals surface area contributed by atoms with E-state index in [-0.39, 0.29) is 79.3 Å². The molecule has 0 aliphatic carbocycles. The van der Waals surface area contributed by atoms with Crippen LogP contribution in [0.15, 0.2) is 0 Å². The molecule has 7 heavy (non-hydrogen) atoms. The Balaban J connectivity index is -0.00000000800. The van der Waals surface area contributed by atoms with Gasteiger partial charge in [-0.1, -0.05) is 0 Å². The van der Waals surface area contributed by atoms with Crippen LogP contribution in [-0.2, 0) is 10.4 Å². The van der Waals surface area contributed by atoms with Gasteiger partial charge in [-0.05, 0) is 0 Å². The molecule has 0 bridgehead atoms. The summed E-state index contributed by atoms with van der Waals surface area (Å²) in [6.45, 7) is 0. The predicted molar refractivity (Wildman–Crippen MR) is 23.3 cm³/mol. The molecule has 7 heteroatoms. The first-order chi connectivity index (χ1) is 2.00. The zero-order chi connectivity index (χ0) is 4.50. The molecule has 4 nitrogen and oxygen atoms in total. The molecule has 0 spiro atoms. The van der Waals surface area contributed by atoms with Crippen molar-refractivity contribution in [3.05, 3.63) is 0 Å². The van der Waals surface area contributed by atoms with Crippen LogP contribution in [-0.4, -0.2) is 63.0 Å². The molecule has 0 fully saturated rings. The van der Waals surface area contributed by atoms with E-state index in [1.165, 1.54) is 0 Å². The summed E-state index contributed by atoms with van der Waals surface area (Å²) in [5.41, 5.74) is 0. The van der Waals surface area contributed by atoms with Crippen molar-refractivity contribution in [1.29, 1.82) is 0 Å². The summed E-state index contributed by atoms with van der Waals surface area (Å²) in [5.74, 6) is 0. The second-order valence-corrected chi connectivity index (χ2v) is 1.34. The summed E-state index contributed by atoms with van der Waals surface area (Å²) in [5, 5.41) is 0. The standard InChI is InChI=1S/Na.H2O4S.Sr.3H/c;1-5(2,3)4;;;;/h;(H2,1,2,3,4);;;;/q+1;;+2;3*-1. The Hall–Kier alpha value is 2.35. The molecule has 0 unspecified atom stereocenters. The summed E-state index contributed by atoms with van der Waals surface area (Å²) in [6, 6.07) is 0. The van der Waals surface area contributed by atoms with Gasteiger partial charge < -0.3 is 4.28 Å². The van der Waals surface area contributed by atoms with Gasteiger partial charge in [-0.3, -0.25) is 9.11 Å². The fraction of sp³-hybridized carbons (Fsp3) is 0. The van der Waals surface area contributed by atoms with E-state index in [2.05, 4.69) is 0 Å². The molecule has 0 aromatic rings. The van der Waals surface area contributed by atoms with E-state index in [9.17, 15) is 0 Å². The normalized spacial score (nSPS) is 8.29. The molecule has 0 aromatic heterocycles. The molecular formula is H5NaO4SSr. The van der Waals surface area contributed by atoms with Crippen molar-refractivity contribution in [2.75, 3.05) is 0 Å². The Morgan fingerprint density at radius 2 is 1.29 bits per heavy atom. The first-order valence-electron chi connectivity index (χ1n) is 0.698. The minimum Gasteiger partial charge on any atom is -1.00 e. The van der Waals surface area contributed by atoms with Crippen LogP contribution in [0.4, 0.5) is 0 Å². The van der Waals surface area contributed by atoms with E-state index in [1.807, 2.05) is 0 Å². The van der Waals surface area contributed by atoms with E-state index < -0.39 is 10.4 Å². The van der Waals surface area contributed by atoms with Gasteiger partial charge in [-0.15, -0.1) is 0 Å². The van der Waals surface area contributed by atoms with Crippen LogP contribution in [0.2, 0.25) is 0 Å². The van der Waals surface area contributed by atoms with Gasteiger partial charge in [0.2, 0.25) is 0 Å². The van der Waals surface area contributed by atoms with E-state index in [4.69, 9.17) is 17.5 Å². The fourth-order valence-corrected chi connectivity index (χ4v) is 0. The minimum absolute atomic E-state index is 0. The predicted octanol–water partition coefficient (Wildman–Crippen LogP) is -3.69. The number of hydrogen-bond acceptors (Lipinski definition) is 2. The SMILES string of the molecule is O=S(=O)(O)O.[H-].[H-].[H-].[Na+].[Sr+2]. The molecule has 0 heterocycles. The average molecular weight is 212 g/mol. The van der Waals surface area contributed by atoms with Gasteiger partial charge in [0, 0.05) is 0 Å². The van der Waals surface area contributed by atoms with Crippen molar-refractivity contribution < 1.29 is 51.4 Å². The molecule has 2 N–H and O–H groups in total. The topological polar surface area (TPSA) is 74.6 Å². The third-order valence-corrected chi connectivity index (χ3v) is 0. The van der Waals surface area contributed by atoms with Gasteiger partial charge in [0.25, 0.3) is 0 Å². The van der Waals surface area contributed by atoms with Crippen molar-refractivity contribution >= 4 is 55.9 Å². The molecular weight excluding hydrogens is 207 g/mol. The zero-order valence-electron chi connectivity index (χ0n) is 6.83. The Bertz CT molecular complexity index is 104. The van der Waals surface area contributed by atoms with E-state index in [1.54, 1.807) is 0 Å². The minimum atomic E-state index is -4.67. The Labute approximate surface area is 105 Å². The molecule has 38 valence electrons. The second kappa shape index (κ2) is 6.47. The monoisotopic (exact) mass is 212 g/mol. The zero-order valence-corrected chi connectivity index (χ0v) is 10.1. The quantitative estimate of drug-likeness (QED) is 0.320. The third-order valence-electron chi connectivity index (χ3n) is 0. The third kappa shape index (κ3) is 61.0. The molecule has 0 rings (SSSR count). The molecule has 0 atom stereocenters. The van der Waals surface area contributed by atoms with Crippen molar-refractivity contribution in [3.8, 4) is 0 Å². The number of hydrogen-bond donors (Lipinski definition) is 2. The smallest absolute Gasteiger partial charge is 1.00 e. The van der Waals surface area contributed by atoms with Gasteiger partial charge in [0.1, 0.15) is 0 Å². The van der Waals surface area contributed by atoms with E-state index in [0.29, 0.717) is 0 Å². The summed E-state index contributed by atoms with van der Waals surface area (Å²) < 4.78 is 31.6. The second-order valence-electron chi connectivity index (χ2n) is 0.448. The van der Waals surface area contributed by atoms with Crippen LogP contribution in [0.3, 0.4) is 0 Å². The molecule has 0 aliphatic heterocycles. The summed E-state index contributed by atoms with van der Waals surface area (Å²) in [7, 11) is -4.67. The van der Waals surface area contributed by atoms with Crippen molar-refractivity contribution in [3.63, 3.8) is 0 Å². The Kier molecular flexibility index (Phi) is 14.9. The van der Waals surface area contributed by atoms with Crippen molar-refractivity contribution in [1.82, 2.24) is 0 Å². The molecule has 0 saturated heterocycles. The van der Waals surface area contributed by atoms with Gasteiger partial charge in [0.05, 0.1) is 0 Å². The van der Waals surface area contributed by atoms with Crippen LogP contribution < -0.4 is 29.6 Å². The molecule has 0 aliphatic rings. The largest absolute Gasteiger partial charge is 2.00 e. The van der Waals surface area contributed by atoms with E-state index in [0.717, 1.165) is 0 Å². The van der Waals surface area contributed by atoms with Crippen molar-refractivity contribution in [2.24, 2.45) is 0 Å². The van der Waals surface area contributed by atoms with Crippen LogP contribution in [0, 0.1) is 0 Å². The van der Waals surface area contributed by atoms with Crippen LogP contribution in [0.1, 0.15) is 4.28 Å². The van der Waals surface area contributed by atoms with Gasteiger partial charge in [-0.25, -0.2) is 0 Å². The summed E-state index contributed by atoms with van der Waals surface area (Å²) >= 11 is 0. The fourth-order valence-electron chi connectivity index (χ4n) is 0. The summed E-state index contributed by atoms with van der Waals surface area (Å²) in [6.07, 6.45) is 0. The Morgan fingerprint density at radius 3 is 1.29 bits per heavy atom. The van der Waals surface area contributed by atoms with Gasteiger partial charge in [-0.2, -0.15) is 8.42 Å². The Morgan fingerprint density at radius 1 is 1.29 bits per heavy atom. The summed E-state index contributed by atoms with van der Waals surface area (Å²) in [4.78, 5) is 0. The first-order valence-corrected chi connectivity index (χ1v) is 2.10. The van der Waals surface area contributed by atoms with Crippen LogP contribution >= 0.6 is 0 Å². The molecule has 0 aromatic carbocycles. The first kappa shape index (κ1) is 16.2. The molecule has 0 amide bonds. The van der Waals surface area contributed by atoms with Crippen molar-refractivity contribution in [2.45, 2.75) is 0 Å².